The predicted octanol–water partition coefficient (Wildman–Crippen LogP) is 3.35. The van der Waals surface area contributed by atoms with Gasteiger partial charge in [-0.1, -0.05) is 4.40 Å². The van der Waals surface area contributed by atoms with E-state index in [9.17, 15) is 4.55 Å². The standard InChI is InChI=1S/C10H15NOS3/c1-10(2,3)15(12)11-6-8-5-9(13-4)7-14-8/h5-7H,1-4H3/b11-6+. The topological polar surface area (TPSA) is 35.4 Å². The summed E-state index contributed by atoms with van der Waals surface area (Å²) in [5.41, 5.74) is 0. The van der Waals surface area contributed by atoms with Gasteiger partial charge in [-0.25, -0.2) is 0 Å². The molecule has 1 unspecified atom stereocenters. The molecule has 0 aliphatic heterocycles. The van der Waals surface area contributed by atoms with Crippen LogP contribution in [0, 0.1) is 0 Å². The Morgan fingerprint density at radius 3 is 2.67 bits per heavy atom. The SMILES string of the molecule is CSc1csc(/C=N/[S+]([O-])C(C)(C)C)c1. The number of thioether (sulfide) groups is 1. The maximum atomic E-state index is 11.6. The monoisotopic (exact) mass is 261 g/mol. The smallest absolute Gasteiger partial charge is 0.144 e. The van der Waals surface area contributed by atoms with Crippen LogP contribution in [-0.4, -0.2) is 21.8 Å². The van der Waals surface area contributed by atoms with E-state index in [1.807, 2.05) is 27.0 Å². The van der Waals surface area contributed by atoms with Crippen molar-refractivity contribution in [3.05, 3.63) is 16.3 Å². The summed E-state index contributed by atoms with van der Waals surface area (Å²) in [6.07, 6.45) is 3.74. The van der Waals surface area contributed by atoms with Gasteiger partial charge in [-0.05, 0) is 33.1 Å². The fourth-order valence-electron chi connectivity index (χ4n) is 0.767. The molecule has 1 heterocycles. The van der Waals surface area contributed by atoms with Crippen molar-refractivity contribution < 1.29 is 4.55 Å². The first-order valence-corrected chi connectivity index (χ1v) is 7.73. The molecule has 0 aliphatic rings. The fourth-order valence-corrected chi connectivity index (χ4v) is 2.84. The van der Waals surface area contributed by atoms with E-state index in [2.05, 4.69) is 15.8 Å². The van der Waals surface area contributed by atoms with Gasteiger partial charge in [0.05, 0.1) is 11.1 Å². The zero-order chi connectivity index (χ0) is 11.5. The summed E-state index contributed by atoms with van der Waals surface area (Å²) < 4.78 is 15.4. The van der Waals surface area contributed by atoms with Gasteiger partial charge >= 0.3 is 0 Å². The zero-order valence-corrected chi connectivity index (χ0v) is 11.8. The van der Waals surface area contributed by atoms with Crippen LogP contribution in [0.15, 0.2) is 20.7 Å². The normalized spacial score (nSPS) is 14.7. The molecule has 0 saturated heterocycles. The third-order valence-corrected chi connectivity index (χ3v) is 4.70. The van der Waals surface area contributed by atoms with Crippen molar-refractivity contribution in [1.29, 1.82) is 0 Å². The van der Waals surface area contributed by atoms with E-state index >= 15 is 0 Å². The first-order valence-electron chi connectivity index (χ1n) is 4.52. The lowest BCUT2D eigenvalue weighted by molar-refractivity contribution is 0.562. The summed E-state index contributed by atoms with van der Waals surface area (Å²) in [6, 6.07) is 2.05. The van der Waals surface area contributed by atoms with Crippen LogP contribution in [0.4, 0.5) is 0 Å². The second-order valence-corrected chi connectivity index (χ2v) is 7.74. The van der Waals surface area contributed by atoms with Gasteiger partial charge in [0.1, 0.15) is 16.1 Å². The Hall–Kier alpha value is 0.0300. The van der Waals surface area contributed by atoms with E-state index in [-0.39, 0.29) is 4.75 Å². The zero-order valence-electron chi connectivity index (χ0n) is 9.31. The van der Waals surface area contributed by atoms with E-state index < -0.39 is 11.4 Å². The quantitative estimate of drug-likeness (QED) is 0.475. The molecule has 1 aromatic heterocycles. The first-order chi connectivity index (χ1) is 6.93. The van der Waals surface area contributed by atoms with Gasteiger partial charge < -0.3 is 4.55 Å². The van der Waals surface area contributed by atoms with E-state index in [0.29, 0.717) is 0 Å². The van der Waals surface area contributed by atoms with E-state index in [0.717, 1.165) is 4.88 Å². The lowest BCUT2D eigenvalue weighted by atomic mass is 10.3. The molecule has 1 rings (SSSR count). The van der Waals surface area contributed by atoms with Crippen LogP contribution < -0.4 is 0 Å². The van der Waals surface area contributed by atoms with E-state index in [1.54, 1.807) is 29.3 Å². The molecule has 1 aromatic rings. The van der Waals surface area contributed by atoms with Gasteiger partial charge in [-0.3, -0.25) is 0 Å². The molecule has 2 nitrogen and oxygen atoms in total. The van der Waals surface area contributed by atoms with Gasteiger partial charge in [0.2, 0.25) is 0 Å². The van der Waals surface area contributed by atoms with E-state index in [1.165, 1.54) is 4.90 Å². The molecular weight excluding hydrogens is 246 g/mol. The van der Waals surface area contributed by atoms with Crippen LogP contribution in [0.25, 0.3) is 0 Å². The van der Waals surface area contributed by atoms with Crippen LogP contribution in [0.3, 0.4) is 0 Å². The average Bonchev–Trinajstić information content (AvgIpc) is 2.60. The Morgan fingerprint density at radius 2 is 2.20 bits per heavy atom. The van der Waals surface area contributed by atoms with Crippen molar-refractivity contribution in [3.63, 3.8) is 0 Å². The number of hydrogen-bond donors (Lipinski definition) is 0. The van der Waals surface area contributed by atoms with Gasteiger partial charge in [-0.2, -0.15) is 0 Å². The molecule has 0 aromatic carbocycles. The summed E-state index contributed by atoms with van der Waals surface area (Å²) in [5, 5.41) is 2.08. The Kier molecular flexibility index (Phi) is 4.70. The van der Waals surface area contributed by atoms with Crippen LogP contribution in [0.2, 0.25) is 0 Å². The minimum absolute atomic E-state index is 0.282. The van der Waals surface area contributed by atoms with Crippen LogP contribution >= 0.6 is 23.1 Å². The summed E-state index contributed by atoms with van der Waals surface area (Å²) in [5.74, 6) is 0. The van der Waals surface area contributed by atoms with Crippen molar-refractivity contribution in [2.45, 2.75) is 30.4 Å². The molecule has 84 valence electrons. The lowest BCUT2D eigenvalue weighted by Gasteiger charge is -2.17. The molecule has 5 heteroatoms. The van der Waals surface area contributed by atoms with Crippen molar-refractivity contribution in [2.75, 3.05) is 6.26 Å². The van der Waals surface area contributed by atoms with Crippen molar-refractivity contribution in [3.8, 4) is 0 Å². The first kappa shape index (κ1) is 13.1. The molecule has 0 spiro atoms. The molecule has 15 heavy (non-hydrogen) atoms. The third kappa shape index (κ3) is 4.18. The Labute approximate surface area is 103 Å². The predicted molar refractivity (Wildman–Crippen MR) is 71.6 cm³/mol. The maximum absolute atomic E-state index is 11.6. The van der Waals surface area contributed by atoms with Crippen LogP contribution in [0.1, 0.15) is 25.6 Å². The van der Waals surface area contributed by atoms with Gasteiger partial charge in [0.15, 0.2) is 0 Å². The van der Waals surface area contributed by atoms with Gasteiger partial charge in [0, 0.05) is 10.3 Å². The second kappa shape index (κ2) is 5.39. The Bertz CT molecular complexity index is 341. The molecule has 0 bridgehead atoms. The second-order valence-electron chi connectivity index (χ2n) is 3.98. The average molecular weight is 261 g/mol. The highest BCUT2D eigenvalue weighted by Crippen LogP contribution is 2.22. The van der Waals surface area contributed by atoms with Crippen molar-refractivity contribution in [1.82, 2.24) is 0 Å². The lowest BCUT2D eigenvalue weighted by Crippen LogP contribution is -2.25. The summed E-state index contributed by atoms with van der Waals surface area (Å²) in [6.45, 7) is 5.76. The summed E-state index contributed by atoms with van der Waals surface area (Å²) in [7, 11) is 0. The number of rotatable bonds is 3. The van der Waals surface area contributed by atoms with E-state index in [4.69, 9.17) is 0 Å². The number of nitrogens with zero attached hydrogens (tertiary/aromatic N) is 1. The van der Waals surface area contributed by atoms with Crippen LogP contribution in [0.5, 0.6) is 0 Å². The minimum atomic E-state index is -1.16. The Balaban J connectivity index is 2.65. The molecule has 0 aliphatic carbocycles. The minimum Gasteiger partial charge on any atom is -0.591 e. The molecule has 0 saturated carbocycles. The maximum Gasteiger partial charge on any atom is 0.144 e. The molecule has 0 radical (unpaired) electrons. The largest absolute Gasteiger partial charge is 0.591 e. The fraction of sp³-hybridized carbons (Fsp3) is 0.500. The molecule has 0 fully saturated rings. The highest BCUT2D eigenvalue weighted by molar-refractivity contribution is 7.98. The molecule has 0 amide bonds. The number of hydrogen-bond acceptors (Lipinski definition) is 4. The molecule has 0 N–H and O–H groups in total. The third-order valence-electron chi connectivity index (χ3n) is 1.63. The molecular formula is C10H15NOS3. The van der Waals surface area contributed by atoms with Crippen molar-refractivity contribution in [2.24, 2.45) is 4.40 Å². The van der Waals surface area contributed by atoms with Gasteiger partial charge in [0.25, 0.3) is 0 Å². The van der Waals surface area contributed by atoms with Crippen LogP contribution in [-0.2, 0) is 11.4 Å². The van der Waals surface area contributed by atoms with Crippen molar-refractivity contribution >= 4 is 40.7 Å². The number of thiophene rings is 1. The molecule has 1 atom stereocenters. The highest BCUT2D eigenvalue weighted by Gasteiger charge is 2.25. The van der Waals surface area contributed by atoms with Gasteiger partial charge in [-0.15, -0.1) is 23.1 Å². The Morgan fingerprint density at radius 1 is 1.53 bits per heavy atom. The summed E-state index contributed by atoms with van der Waals surface area (Å²) >= 11 is 2.16. The summed E-state index contributed by atoms with van der Waals surface area (Å²) in [4.78, 5) is 2.28. The highest BCUT2D eigenvalue weighted by atomic mass is 32.2.